The minimum absolute atomic E-state index is 0.0984. The molecule has 1 aromatic rings. The molecule has 3 rings (SSSR count). The molecule has 5 heteroatoms. The van der Waals surface area contributed by atoms with Gasteiger partial charge in [0.1, 0.15) is 12.2 Å². The second kappa shape index (κ2) is 4.48. The minimum atomic E-state index is -0.515. The first-order valence-corrected chi connectivity index (χ1v) is 7.11. The van der Waals surface area contributed by atoms with Crippen LogP contribution in [0.4, 0.5) is 5.69 Å². The number of carbonyl (C=O) groups excluding carboxylic acids is 2. The van der Waals surface area contributed by atoms with Crippen molar-refractivity contribution in [1.29, 1.82) is 0 Å². The predicted octanol–water partition coefficient (Wildman–Crippen LogP) is 1.51. The zero-order chi connectivity index (χ0) is 15.4. The quantitative estimate of drug-likeness (QED) is 0.735. The molecule has 0 bridgehead atoms. The fraction of sp³-hybridized carbons (Fsp3) is 0.500. The highest BCUT2D eigenvalue weighted by Crippen LogP contribution is 2.53. The van der Waals surface area contributed by atoms with Gasteiger partial charge in [-0.3, -0.25) is 4.79 Å². The summed E-state index contributed by atoms with van der Waals surface area (Å²) in [6.07, 6.45) is 0.446. The smallest absolute Gasteiger partial charge is 0.328 e. The van der Waals surface area contributed by atoms with E-state index in [1.54, 1.807) is 4.90 Å². The molecule has 0 N–H and O–H groups in total. The third-order valence-electron chi connectivity index (χ3n) is 4.89. The number of nitrogens with zero attached hydrogens (tertiary/aromatic N) is 2. The first kappa shape index (κ1) is 13.9. The van der Waals surface area contributed by atoms with Crippen molar-refractivity contribution in [3.63, 3.8) is 0 Å². The monoisotopic (exact) mass is 288 g/mol. The van der Waals surface area contributed by atoms with Crippen LogP contribution in [0.1, 0.15) is 25.8 Å². The van der Waals surface area contributed by atoms with Gasteiger partial charge < -0.3 is 14.5 Å². The van der Waals surface area contributed by atoms with Crippen molar-refractivity contribution >= 4 is 17.6 Å². The van der Waals surface area contributed by atoms with Gasteiger partial charge >= 0.3 is 5.97 Å². The third kappa shape index (κ3) is 1.69. The van der Waals surface area contributed by atoms with Crippen LogP contribution < -0.4 is 4.90 Å². The summed E-state index contributed by atoms with van der Waals surface area (Å²) in [5.41, 5.74) is 2.06. The second-order valence-corrected chi connectivity index (χ2v) is 6.09. The lowest BCUT2D eigenvalue weighted by Crippen LogP contribution is -2.52. The SMILES string of the molecule is COC(=O)C1C[C@@]2(C)c3ccccc3N(C)[C@H]2N1C(C)=O. The van der Waals surface area contributed by atoms with Gasteiger partial charge in [0.15, 0.2) is 0 Å². The zero-order valence-corrected chi connectivity index (χ0v) is 12.8. The summed E-state index contributed by atoms with van der Waals surface area (Å²) in [4.78, 5) is 28.0. The molecule has 0 saturated carbocycles. The average molecular weight is 288 g/mol. The van der Waals surface area contributed by atoms with Crippen molar-refractivity contribution in [1.82, 2.24) is 4.90 Å². The molecule has 1 unspecified atom stereocenters. The van der Waals surface area contributed by atoms with Gasteiger partial charge in [-0.15, -0.1) is 0 Å². The van der Waals surface area contributed by atoms with Crippen molar-refractivity contribution in [3.8, 4) is 0 Å². The number of likely N-dealkylation sites (N-methyl/N-ethyl adjacent to an activating group) is 1. The molecule has 2 aliphatic heterocycles. The zero-order valence-electron chi connectivity index (χ0n) is 12.8. The Morgan fingerprint density at radius 1 is 1.33 bits per heavy atom. The van der Waals surface area contributed by atoms with Crippen LogP contribution >= 0.6 is 0 Å². The number of fused-ring (bicyclic) bond motifs is 3. The van der Waals surface area contributed by atoms with Crippen LogP contribution in [-0.2, 0) is 19.7 Å². The summed E-state index contributed by atoms with van der Waals surface area (Å²) in [7, 11) is 3.35. The van der Waals surface area contributed by atoms with Gasteiger partial charge in [-0.1, -0.05) is 25.1 Å². The van der Waals surface area contributed by atoms with Crippen molar-refractivity contribution in [2.24, 2.45) is 0 Å². The van der Waals surface area contributed by atoms with Gasteiger partial charge in [0.05, 0.1) is 7.11 Å². The number of rotatable bonds is 1. The lowest BCUT2D eigenvalue weighted by atomic mass is 9.80. The molecule has 21 heavy (non-hydrogen) atoms. The highest BCUT2D eigenvalue weighted by molar-refractivity contribution is 5.86. The Labute approximate surface area is 124 Å². The number of hydrogen-bond donors (Lipinski definition) is 0. The molecule has 0 aliphatic carbocycles. The van der Waals surface area contributed by atoms with E-state index in [1.165, 1.54) is 19.6 Å². The van der Waals surface area contributed by atoms with E-state index in [-0.39, 0.29) is 23.5 Å². The van der Waals surface area contributed by atoms with Crippen molar-refractivity contribution < 1.29 is 14.3 Å². The predicted molar refractivity (Wildman–Crippen MR) is 78.9 cm³/mol. The Balaban J connectivity index is 2.12. The first-order chi connectivity index (χ1) is 9.91. The van der Waals surface area contributed by atoms with E-state index >= 15 is 0 Å². The standard InChI is InChI=1S/C16H20N2O3/c1-10(19)18-13(14(20)21-4)9-16(2)11-7-5-6-8-12(11)17(3)15(16)18/h5-8,13,15H,9H2,1-4H3/t13?,15-,16-/m0/s1. The molecule has 112 valence electrons. The number of ether oxygens (including phenoxy) is 1. The Hall–Kier alpha value is -2.04. The lowest BCUT2D eigenvalue weighted by molar-refractivity contribution is -0.151. The number of hydrogen-bond acceptors (Lipinski definition) is 4. The van der Waals surface area contributed by atoms with Crippen LogP contribution in [0.5, 0.6) is 0 Å². The number of para-hydroxylation sites is 1. The average Bonchev–Trinajstić information content (AvgIpc) is 2.90. The Kier molecular flexibility index (Phi) is 2.97. The van der Waals surface area contributed by atoms with Crippen LogP contribution in [0.25, 0.3) is 0 Å². The highest BCUT2D eigenvalue weighted by Gasteiger charge is 2.59. The molecule has 0 radical (unpaired) electrons. The summed E-state index contributed by atoms with van der Waals surface area (Å²) >= 11 is 0. The Morgan fingerprint density at radius 2 is 2.00 bits per heavy atom. The summed E-state index contributed by atoms with van der Waals surface area (Å²) in [5, 5.41) is 0. The molecule has 5 nitrogen and oxygen atoms in total. The normalized spacial score (nSPS) is 30.1. The lowest BCUT2D eigenvalue weighted by Gasteiger charge is -2.35. The molecule has 2 aliphatic rings. The van der Waals surface area contributed by atoms with E-state index in [1.807, 2.05) is 19.2 Å². The minimum Gasteiger partial charge on any atom is -0.467 e. The van der Waals surface area contributed by atoms with Gasteiger partial charge in [-0.25, -0.2) is 4.79 Å². The van der Waals surface area contributed by atoms with Gasteiger partial charge in [0.25, 0.3) is 0 Å². The number of methoxy groups -OCH3 is 1. The number of carbonyl (C=O) groups is 2. The summed E-state index contributed by atoms with van der Waals surface area (Å²) in [5.74, 6) is -0.439. The van der Waals surface area contributed by atoms with E-state index < -0.39 is 6.04 Å². The molecule has 2 heterocycles. The molecular formula is C16H20N2O3. The van der Waals surface area contributed by atoms with Crippen LogP contribution in [0.2, 0.25) is 0 Å². The Morgan fingerprint density at radius 3 is 2.62 bits per heavy atom. The molecule has 1 amide bonds. The Bertz CT molecular complexity index is 615. The summed E-state index contributed by atoms with van der Waals surface area (Å²) in [6, 6.07) is 7.63. The summed E-state index contributed by atoms with van der Waals surface area (Å²) in [6.45, 7) is 3.64. The highest BCUT2D eigenvalue weighted by atomic mass is 16.5. The van der Waals surface area contributed by atoms with Crippen molar-refractivity contribution in [2.75, 3.05) is 19.1 Å². The van der Waals surface area contributed by atoms with Gasteiger partial charge in [0, 0.05) is 25.1 Å². The molecule has 3 atom stereocenters. The fourth-order valence-electron chi connectivity index (χ4n) is 4.07. The van der Waals surface area contributed by atoms with Crippen LogP contribution in [0.3, 0.4) is 0 Å². The number of amides is 1. The second-order valence-electron chi connectivity index (χ2n) is 6.09. The van der Waals surface area contributed by atoms with E-state index in [0.29, 0.717) is 6.42 Å². The van der Waals surface area contributed by atoms with Gasteiger partial charge in [-0.2, -0.15) is 0 Å². The van der Waals surface area contributed by atoms with E-state index in [4.69, 9.17) is 4.74 Å². The molecular weight excluding hydrogens is 268 g/mol. The van der Waals surface area contributed by atoms with Crippen LogP contribution in [-0.4, -0.2) is 43.1 Å². The molecule has 1 aromatic carbocycles. The van der Waals surface area contributed by atoms with E-state index in [9.17, 15) is 9.59 Å². The largest absolute Gasteiger partial charge is 0.467 e. The maximum absolute atomic E-state index is 12.1. The van der Waals surface area contributed by atoms with Crippen molar-refractivity contribution in [2.45, 2.75) is 37.9 Å². The number of likely N-dealkylation sites (tertiary alicyclic amines) is 1. The number of anilines is 1. The molecule has 1 saturated heterocycles. The fourth-order valence-corrected chi connectivity index (χ4v) is 4.07. The van der Waals surface area contributed by atoms with Gasteiger partial charge in [0.2, 0.25) is 5.91 Å². The first-order valence-electron chi connectivity index (χ1n) is 7.11. The number of esters is 1. The molecule has 0 aromatic heterocycles. The number of benzene rings is 1. The maximum Gasteiger partial charge on any atom is 0.328 e. The third-order valence-corrected chi connectivity index (χ3v) is 4.89. The van der Waals surface area contributed by atoms with E-state index in [0.717, 1.165) is 5.69 Å². The van der Waals surface area contributed by atoms with E-state index in [2.05, 4.69) is 24.0 Å². The summed E-state index contributed by atoms with van der Waals surface area (Å²) < 4.78 is 4.90. The topological polar surface area (TPSA) is 49.9 Å². The maximum atomic E-state index is 12.1. The molecule has 1 fully saturated rings. The van der Waals surface area contributed by atoms with Crippen molar-refractivity contribution in [3.05, 3.63) is 29.8 Å². The molecule has 0 spiro atoms. The van der Waals surface area contributed by atoms with Crippen LogP contribution in [0.15, 0.2) is 24.3 Å². The van der Waals surface area contributed by atoms with Gasteiger partial charge in [-0.05, 0) is 18.1 Å². The van der Waals surface area contributed by atoms with Crippen LogP contribution in [0, 0.1) is 0 Å².